The molecule has 3 aliphatic carbocycles. The summed E-state index contributed by atoms with van der Waals surface area (Å²) < 4.78 is 29.5. The Morgan fingerprint density at radius 2 is 1.72 bits per heavy atom. The third kappa shape index (κ3) is 7.29. The second-order valence-electron chi connectivity index (χ2n) is 16.0. The maximum Gasteiger partial charge on any atom is 0.309 e. The third-order valence-corrected chi connectivity index (χ3v) is 13.7. The molecule has 0 unspecified atom stereocenters. The van der Waals surface area contributed by atoms with Gasteiger partial charge in [0, 0.05) is 65.3 Å². The van der Waals surface area contributed by atoms with Crippen molar-refractivity contribution in [3.05, 3.63) is 93.3 Å². The van der Waals surface area contributed by atoms with Crippen molar-refractivity contribution in [3.63, 3.8) is 0 Å². The summed E-state index contributed by atoms with van der Waals surface area (Å²) in [6.45, 7) is 1.68. The number of carboxylic acids is 1. The Morgan fingerprint density at radius 1 is 1.00 bits per heavy atom. The fourth-order valence-corrected chi connectivity index (χ4v) is 9.86. The SMILES string of the molecule is COc1cc(Cn2ncc3c(-c4cccc(-c5ccc(CNC[C@@H]6CCC(=O)N6)c(OC)n5)c4Cl)cccc32)c(Cl)c(F)c1CN(C)C12CCC(C(=O)O)(CC1)CC2. The van der Waals surface area contributed by atoms with Gasteiger partial charge in [0.1, 0.15) is 11.6 Å². The summed E-state index contributed by atoms with van der Waals surface area (Å²) in [4.78, 5) is 30.5. The molecule has 3 saturated carbocycles. The van der Waals surface area contributed by atoms with Gasteiger partial charge in [-0.1, -0.05) is 59.6 Å². The highest BCUT2D eigenvalue weighted by molar-refractivity contribution is 6.36. The number of fused-ring (bicyclic) bond motifs is 4. The number of benzene rings is 3. The zero-order valence-corrected chi connectivity index (χ0v) is 34.4. The van der Waals surface area contributed by atoms with Crippen LogP contribution < -0.4 is 20.1 Å². The van der Waals surface area contributed by atoms with E-state index in [4.69, 9.17) is 42.8 Å². The Hall–Kier alpha value is -4.75. The standard InChI is InChI=1S/C44H47Cl2FN6O5/c1-52(44-17-14-43(15-18-44,16-19-44)42(55)56)25-33-36(57-2)20-27(38(45)40(33)47)24-53-35-9-5-6-29(32(35)23-49-53)30-7-4-8-31(39(30)46)34-12-10-26(41(51-34)58-3)21-48-22-28-11-13-37(54)50-28/h4-10,12,20,23,28,48H,11,13-19,21-22,24-25H2,1-3H3,(H,50,54)(H,55,56)/t28-,43?,44?/m0/s1. The van der Waals surface area contributed by atoms with Gasteiger partial charge in [-0.15, -0.1) is 0 Å². The summed E-state index contributed by atoms with van der Waals surface area (Å²) in [6.07, 6.45) is 7.34. The molecule has 1 saturated heterocycles. The Labute approximate surface area is 346 Å². The molecule has 11 nitrogen and oxygen atoms in total. The number of halogens is 3. The average molecular weight is 830 g/mol. The van der Waals surface area contributed by atoms with E-state index >= 15 is 4.39 Å². The normalized spacial score (nSPS) is 21.5. The number of methoxy groups -OCH3 is 2. The highest BCUT2D eigenvalue weighted by atomic mass is 35.5. The van der Waals surface area contributed by atoms with Gasteiger partial charge in [-0.25, -0.2) is 9.37 Å². The van der Waals surface area contributed by atoms with E-state index in [0.29, 0.717) is 72.2 Å². The van der Waals surface area contributed by atoms with Crippen molar-refractivity contribution in [2.24, 2.45) is 5.41 Å². The Balaban J connectivity index is 1.02. The molecule has 3 heterocycles. The van der Waals surface area contributed by atoms with Crippen LogP contribution in [0.1, 0.15) is 68.1 Å². The number of ether oxygens (including phenoxy) is 2. The molecule has 0 radical (unpaired) electrons. The Bertz CT molecular complexity index is 2380. The Kier molecular flexibility index (Phi) is 11.1. The maximum absolute atomic E-state index is 16.3. The topological polar surface area (TPSA) is 131 Å². The highest BCUT2D eigenvalue weighted by Crippen LogP contribution is 2.55. The van der Waals surface area contributed by atoms with Gasteiger partial charge in [0.15, 0.2) is 0 Å². The number of hydrogen-bond acceptors (Lipinski definition) is 8. The van der Waals surface area contributed by atoms with Gasteiger partial charge in [0.2, 0.25) is 11.8 Å². The molecule has 2 bridgehead atoms. The first-order valence-electron chi connectivity index (χ1n) is 19.7. The number of carbonyl (C=O) groups is 2. The number of aliphatic carboxylic acids is 1. The second-order valence-corrected chi connectivity index (χ2v) is 16.8. The monoisotopic (exact) mass is 828 g/mol. The smallest absolute Gasteiger partial charge is 0.309 e. The van der Waals surface area contributed by atoms with Crippen LogP contribution >= 0.6 is 23.2 Å². The number of amides is 1. The van der Waals surface area contributed by atoms with Crippen LogP contribution in [0, 0.1) is 11.2 Å². The van der Waals surface area contributed by atoms with Gasteiger partial charge >= 0.3 is 5.97 Å². The molecule has 3 N–H and O–H groups in total. The van der Waals surface area contributed by atoms with Crippen molar-refractivity contribution in [2.45, 2.75) is 82.6 Å². The summed E-state index contributed by atoms with van der Waals surface area (Å²) in [5.74, 6) is -0.247. The molecule has 14 heteroatoms. The minimum absolute atomic E-state index is 0.0153. The lowest BCUT2D eigenvalue weighted by Crippen LogP contribution is -2.57. The minimum Gasteiger partial charge on any atom is -0.496 e. The van der Waals surface area contributed by atoms with Crippen molar-refractivity contribution < 1.29 is 28.6 Å². The summed E-state index contributed by atoms with van der Waals surface area (Å²) in [5, 5.41) is 22.3. The minimum atomic E-state index is -0.701. The van der Waals surface area contributed by atoms with Crippen LogP contribution in [0.3, 0.4) is 0 Å². The number of rotatable bonds is 14. The first-order chi connectivity index (χ1) is 28.0. The van der Waals surface area contributed by atoms with E-state index in [1.54, 1.807) is 24.1 Å². The number of carbonyl (C=O) groups excluding carboxylic acids is 1. The zero-order valence-electron chi connectivity index (χ0n) is 32.8. The predicted octanol–water partition coefficient (Wildman–Crippen LogP) is 8.25. The molecule has 58 heavy (non-hydrogen) atoms. The largest absolute Gasteiger partial charge is 0.496 e. The summed E-state index contributed by atoms with van der Waals surface area (Å²) in [5.41, 5.74) is 4.90. The van der Waals surface area contributed by atoms with E-state index < -0.39 is 17.2 Å². The number of pyridine rings is 1. The van der Waals surface area contributed by atoms with Crippen LogP contribution in [0.4, 0.5) is 4.39 Å². The van der Waals surface area contributed by atoms with Crippen LogP contribution in [0.2, 0.25) is 10.0 Å². The molecule has 2 aromatic heterocycles. The number of nitrogens with zero attached hydrogens (tertiary/aromatic N) is 4. The lowest BCUT2D eigenvalue weighted by Gasteiger charge is -2.55. The lowest BCUT2D eigenvalue weighted by atomic mass is 9.57. The molecule has 1 amide bonds. The molecule has 4 fully saturated rings. The van der Waals surface area contributed by atoms with Crippen LogP contribution in [-0.2, 0) is 29.2 Å². The van der Waals surface area contributed by atoms with E-state index in [-0.39, 0.29) is 35.6 Å². The molecule has 9 rings (SSSR count). The fraction of sp³-hybridized carbons (Fsp3) is 0.409. The molecular weight excluding hydrogens is 782 g/mol. The fourth-order valence-electron chi connectivity index (χ4n) is 9.30. The Morgan fingerprint density at radius 3 is 2.41 bits per heavy atom. The maximum atomic E-state index is 16.3. The van der Waals surface area contributed by atoms with Crippen molar-refractivity contribution >= 4 is 46.0 Å². The van der Waals surface area contributed by atoms with Crippen LogP contribution in [0.25, 0.3) is 33.3 Å². The lowest BCUT2D eigenvalue weighted by molar-refractivity contribution is -0.160. The first-order valence-corrected chi connectivity index (χ1v) is 20.5. The third-order valence-electron chi connectivity index (χ3n) is 12.9. The van der Waals surface area contributed by atoms with Gasteiger partial charge in [-0.05, 0) is 81.3 Å². The molecule has 1 aliphatic heterocycles. The summed E-state index contributed by atoms with van der Waals surface area (Å²) in [6, 6.07) is 17.5. The summed E-state index contributed by atoms with van der Waals surface area (Å²) in [7, 11) is 5.11. The van der Waals surface area contributed by atoms with Crippen molar-refractivity contribution in [1.29, 1.82) is 0 Å². The van der Waals surface area contributed by atoms with E-state index in [1.165, 1.54) is 7.11 Å². The van der Waals surface area contributed by atoms with Gasteiger partial charge in [-0.3, -0.25) is 19.2 Å². The van der Waals surface area contributed by atoms with E-state index in [9.17, 15) is 14.7 Å². The molecule has 3 aromatic carbocycles. The molecule has 304 valence electrons. The predicted molar refractivity (Wildman–Crippen MR) is 222 cm³/mol. The first kappa shape index (κ1) is 40.0. The molecular formula is C44H47Cl2FN6O5. The van der Waals surface area contributed by atoms with Gasteiger partial charge in [-0.2, -0.15) is 5.10 Å². The van der Waals surface area contributed by atoms with E-state index in [0.717, 1.165) is 58.8 Å². The molecule has 4 aliphatic rings. The number of aromatic nitrogens is 3. The average Bonchev–Trinajstić information content (AvgIpc) is 3.86. The highest BCUT2D eigenvalue weighted by Gasteiger charge is 2.54. The molecule has 0 spiro atoms. The number of hydrogen-bond donors (Lipinski definition) is 3. The van der Waals surface area contributed by atoms with E-state index in [2.05, 4.69) is 15.5 Å². The van der Waals surface area contributed by atoms with Gasteiger partial charge in [0.25, 0.3) is 0 Å². The molecule has 5 aromatic rings. The van der Waals surface area contributed by atoms with Crippen LogP contribution in [0.15, 0.2) is 60.8 Å². The van der Waals surface area contributed by atoms with Crippen molar-refractivity contribution in [1.82, 2.24) is 30.3 Å². The van der Waals surface area contributed by atoms with E-state index in [1.807, 2.05) is 55.6 Å². The van der Waals surface area contributed by atoms with Crippen molar-refractivity contribution in [3.8, 4) is 34.0 Å². The molecule has 1 atom stereocenters. The zero-order chi connectivity index (χ0) is 40.8. The quantitative estimate of drug-likeness (QED) is 0.101. The van der Waals surface area contributed by atoms with Gasteiger partial charge < -0.3 is 25.2 Å². The van der Waals surface area contributed by atoms with Crippen LogP contribution in [0.5, 0.6) is 11.6 Å². The van der Waals surface area contributed by atoms with Crippen molar-refractivity contribution in [2.75, 3.05) is 27.8 Å². The van der Waals surface area contributed by atoms with Gasteiger partial charge in [0.05, 0.1) is 53.6 Å². The van der Waals surface area contributed by atoms with Crippen LogP contribution in [-0.4, -0.2) is 76.0 Å². The number of carboxylic acid groups (broad SMARTS) is 1. The second kappa shape index (κ2) is 16.1. The number of nitrogens with one attached hydrogen (secondary N) is 2. The summed E-state index contributed by atoms with van der Waals surface area (Å²) >= 11 is 14.0.